The summed E-state index contributed by atoms with van der Waals surface area (Å²) in [6, 6.07) is 0. The van der Waals surface area contributed by atoms with Crippen LogP contribution in [-0.4, -0.2) is 16.9 Å². The van der Waals surface area contributed by atoms with Crippen LogP contribution >= 0.6 is 0 Å². The third-order valence-corrected chi connectivity index (χ3v) is 4.92. The molecule has 0 aromatic carbocycles. The molecule has 2 fully saturated rings. The van der Waals surface area contributed by atoms with Gasteiger partial charge in [-0.1, -0.05) is 19.8 Å². The van der Waals surface area contributed by atoms with E-state index in [9.17, 15) is 18.3 Å². The molecule has 106 valence electrons. The highest BCUT2D eigenvalue weighted by Crippen LogP contribution is 2.48. The van der Waals surface area contributed by atoms with Crippen molar-refractivity contribution in [1.29, 1.82) is 0 Å². The summed E-state index contributed by atoms with van der Waals surface area (Å²) >= 11 is 0. The molecule has 2 saturated carbocycles. The number of hydrogen-bond donors (Lipinski definition) is 1. The third-order valence-electron chi connectivity index (χ3n) is 4.92. The van der Waals surface area contributed by atoms with Gasteiger partial charge in [0.05, 0.1) is 11.5 Å². The third kappa shape index (κ3) is 3.01. The van der Waals surface area contributed by atoms with E-state index in [0.29, 0.717) is 18.8 Å². The van der Waals surface area contributed by atoms with Crippen LogP contribution in [-0.2, 0) is 0 Å². The summed E-state index contributed by atoms with van der Waals surface area (Å²) in [5.41, 5.74) is -1.06. The molecule has 0 amide bonds. The van der Waals surface area contributed by atoms with Gasteiger partial charge in [0.2, 0.25) is 0 Å². The van der Waals surface area contributed by atoms with Gasteiger partial charge in [-0.2, -0.15) is 13.2 Å². The largest absolute Gasteiger partial charge is 0.391 e. The van der Waals surface area contributed by atoms with Gasteiger partial charge in [-0.15, -0.1) is 0 Å². The zero-order valence-electron chi connectivity index (χ0n) is 11.0. The van der Waals surface area contributed by atoms with Gasteiger partial charge in [0.25, 0.3) is 0 Å². The molecule has 1 N–H and O–H groups in total. The van der Waals surface area contributed by atoms with E-state index in [4.69, 9.17) is 0 Å². The highest BCUT2D eigenvalue weighted by Gasteiger charge is 2.50. The first-order valence-electron chi connectivity index (χ1n) is 7.10. The summed E-state index contributed by atoms with van der Waals surface area (Å²) in [6.07, 6.45) is 1.01. The normalized spacial score (nSPS) is 42.8. The van der Waals surface area contributed by atoms with Gasteiger partial charge >= 0.3 is 6.18 Å². The molecule has 2 aliphatic carbocycles. The fraction of sp³-hybridized carbons (Fsp3) is 1.00. The fourth-order valence-corrected chi connectivity index (χ4v) is 3.86. The van der Waals surface area contributed by atoms with Crippen molar-refractivity contribution >= 4 is 0 Å². The van der Waals surface area contributed by atoms with Crippen molar-refractivity contribution < 1.29 is 18.3 Å². The molecule has 2 aliphatic rings. The van der Waals surface area contributed by atoms with Crippen molar-refractivity contribution in [1.82, 2.24) is 0 Å². The molecule has 0 saturated heterocycles. The molecule has 4 unspecified atom stereocenters. The molecule has 0 heterocycles. The standard InChI is InChI=1S/C14H23F3O/c1-10-4-2-5-11(8-10)13(18)7-3-6-12(9-13)14(15,16)17/h10-12,18H,2-9H2,1H3. The van der Waals surface area contributed by atoms with Crippen molar-refractivity contribution in [2.24, 2.45) is 17.8 Å². The topological polar surface area (TPSA) is 20.2 Å². The summed E-state index contributed by atoms with van der Waals surface area (Å²) in [4.78, 5) is 0. The Morgan fingerprint density at radius 3 is 2.44 bits per heavy atom. The maximum Gasteiger partial charge on any atom is 0.391 e. The highest BCUT2D eigenvalue weighted by atomic mass is 19.4. The molecular formula is C14H23F3O. The number of alkyl halides is 3. The van der Waals surface area contributed by atoms with Crippen molar-refractivity contribution in [3.63, 3.8) is 0 Å². The highest BCUT2D eigenvalue weighted by molar-refractivity contribution is 4.95. The van der Waals surface area contributed by atoms with Gasteiger partial charge in [0, 0.05) is 0 Å². The van der Waals surface area contributed by atoms with Crippen LogP contribution in [0.3, 0.4) is 0 Å². The monoisotopic (exact) mass is 264 g/mol. The van der Waals surface area contributed by atoms with Crippen LogP contribution in [0.2, 0.25) is 0 Å². The Morgan fingerprint density at radius 1 is 1.11 bits per heavy atom. The van der Waals surface area contributed by atoms with E-state index in [1.807, 2.05) is 0 Å². The molecule has 0 spiro atoms. The quantitative estimate of drug-likeness (QED) is 0.748. The van der Waals surface area contributed by atoms with Crippen molar-refractivity contribution in [2.75, 3.05) is 0 Å². The van der Waals surface area contributed by atoms with E-state index in [1.165, 1.54) is 0 Å². The minimum atomic E-state index is -4.14. The molecule has 18 heavy (non-hydrogen) atoms. The molecule has 0 aromatic rings. The van der Waals surface area contributed by atoms with Gasteiger partial charge in [-0.25, -0.2) is 0 Å². The van der Waals surface area contributed by atoms with E-state index in [0.717, 1.165) is 25.7 Å². The number of aliphatic hydroxyl groups is 1. The van der Waals surface area contributed by atoms with Crippen molar-refractivity contribution in [2.45, 2.75) is 70.1 Å². The Balaban J connectivity index is 2.05. The Morgan fingerprint density at radius 2 is 1.83 bits per heavy atom. The average Bonchev–Trinajstić information content (AvgIpc) is 2.28. The maximum absolute atomic E-state index is 12.8. The van der Waals surface area contributed by atoms with Crippen LogP contribution in [0, 0.1) is 17.8 Å². The lowest BCUT2D eigenvalue weighted by Gasteiger charge is -2.45. The molecule has 4 atom stereocenters. The van der Waals surface area contributed by atoms with E-state index in [1.54, 1.807) is 0 Å². The van der Waals surface area contributed by atoms with Gasteiger partial charge in [0.1, 0.15) is 0 Å². The van der Waals surface area contributed by atoms with Gasteiger partial charge in [0.15, 0.2) is 0 Å². The predicted molar refractivity (Wildman–Crippen MR) is 64.1 cm³/mol. The fourth-order valence-electron chi connectivity index (χ4n) is 3.86. The Labute approximate surface area is 107 Å². The second-order valence-corrected chi connectivity index (χ2v) is 6.41. The van der Waals surface area contributed by atoms with Gasteiger partial charge in [-0.3, -0.25) is 0 Å². The molecule has 2 rings (SSSR count). The lowest BCUT2D eigenvalue weighted by atomic mass is 9.65. The zero-order chi connectivity index (χ0) is 13.4. The summed E-state index contributed by atoms with van der Waals surface area (Å²) in [5, 5.41) is 10.6. The van der Waals surface area contributed by atoms with Crippen molar-refractivity contribution in [3.8, 4) is 0 Å². The van der Waals surface area contributed by atoms with E-state index in [2.05, 4.69) is 6.92 Å². The van der Waals surface area contributed by atoms with Crippen LogP contribution in [0.5, 0.6) is 0 Å². The van der Waals surface area contributed by atoms with Crippen LogP contribution < -0.4 is 0 Å². The number of rotatable bonds is 1. The molecule has 1 nitrogen and oxygen atoms in total. The van der Waals surface area contributed by atoms with Crippen molar-refractivity contribution in [3.05, 3.63) is 0 Å². The second-order valence-electron chi connectivity index (χ2n) is 6.41. The van der Waals surface area contributed by atoms with Crippen LogP contribution in [0.4, 0.5) is 13.2 Å². The van der Waals surface area contributed by atoms with Gasteiger partial charge < -0.3 is 5.11 Å². The average molecular weight is 264 g/mol. The lowest BCUT2D eigenvalue weighted by Crippen LogP contribution is -2.47. The smallest absolute Gasteiger partial charge is 0.390 e. The first kappa shape index (κ1) is 14.2. The first-order chi connectivity index (χ1) is 8.31. The summed E-state index contributed by atoms with van der Waals surface area (Å²) in [5.74, 6) is -0.682. The Kier molecular flexibility index (Phi) is 3.96. The minimum absolute atomic E-state index is 0.0754. The van der Waals surface area contributed by atoms with Crippen LogP contribution in [0.25, 0.3) is 0 Å². The van der Waals surface area contributed by atoms with Gasteiger partial charge in [-0.05, 0) is 50.4 Å². The molecule has 4 heteroatoms. The predicted octanol–water partition coefficient (Wildman–Crippen LogP) is 4.30. The minimum Gasteiger partial charge on any atom is -0.390 e. The zero-order valence-corrected chi connectivity index (χ0v) is 11.0. The summed E-state index contributed by atoms with van der Waals surface area (Å²) in [7, 11) is 0. The molecule has 0 aromatic heterocycles. The number of halogens is 3. The SMILES string of the molecule is CC1CCCC(C2(O)CCCC(C(F)(F)F)C2)C1. The molecule has 0 aliphatic heterocycles. The Hall–Kier alpha value is -0.250. The maximum atomic E-state index is 12.8. The Bertz CT molecular complexity index is 289. The lowest BCUT2D eigenvalue weighted by molar-refractivity contribution is -0.208. The van der Waals surface area contributed by atoms with E-state index >= 15 is 0 Å². The van der Waals surface area contributed by atoms with E-state index in [-0.39, 0.29) is 18.8 Å². The second kappa shape index (κ2) is 5.03. The van der Waals surface area contributed by atoms with Crippen LogP contribution in [0.1, 0.15) is 58.3 Å². The number of hydrogen-bond acceptors (Lipinski definition) is 1. The first-order valence-corrected chi connectivity index (χ1v) is 7.10. The summed E-state index contributed by atoms with van der Waals surface area (Å²) in [6.45, 7) is 2.14. The van der Waals surface area contributed by atoms with E-state index < -0.39 is 17.7 Å². The molecule has 0 radical (unpaired) electrons. The molecular weight excluding hydrogens is 241 g/mol. The molecule has 0 bridgehead atoms. The summed E-state index contributed by atoms with van der Waals surface area (Å²) < 4.78 is 38.5. The van der Waals surface area contributed by atoms with Crippen LogP contribution in [0.15, 0.2) is 0 Å².